The Morgan fingerprint density at radius 1 is 1.40 bits per heavy atom. The molecule has 0 aliphatic carbocycles. The van der Waals surface area contributed by atoms with Crippen molar-refractivity contribution in [2.45, 2.75) is 32.4 Å². The summed E-state index contributed by atoms with van der Waals surface area (Å²) >= 11 is 5.49. The summed E-state index contributed by atoms with van der Waals surface area (Å²) in [4.78, 5) is 0. The van der Waals surface area contributed by atoms with Gasteiger partial charge in [-0.15, -0.1) is 11.6 Å². The highest BCUT2D eigenvalue weighted by Crippen LogP contribution is 2.22. The summed E-state index contributed by atoms with van der Waals surface area (Å²) < 4.78 is 47.4. The Kier molecular flexibility index (Phi) is 5.98. The van der Waals surface area contributed by atoms with E-state index in [-0.39, 0.29) is 12.0 Å². The molecule has 0 saturated carbocycles. The third-order valence-corrected chi connectivity index (χ3v) is 3.26. The zero-order valence-electron chi connectivity index (χ0n) is 8.76. The van der Waals surface area contributed by atoms with Crippen LogP contribution in [-0.2, 0) is 10.0 Å². The number of hydrogen-bond acceptors (Lipinski definition) is 2. The minimum absolute atomic E-state index is 0.00341. The third-order valence-electron chi connectivity index (χ3n) is 1.97. The van der Waals surface area contributed by atoms with Crippen molar-refractivity contribution in [1.29, 1.82) is 0 Å². The van der Waals surface area contributed by atoms with Gasteiger partial charge in [0, 0.05) is 12.4 Å². The maximum Gasteiger partial charge on any atom is 0.350 e. The van der Waals surface area contributed by atoms with Gasteiger partial charge in [0.15, 0.2) is 0 Å². The highest BCUT2D eigenvalue weighted by molar-refractivity contribution is 7.89. The monoisotopic (exact) mass is 263 g/mol. The van der Waals surface area contributed by atoms with Crippen LogP contribution in [0.15, 0.2) is 0 Å². The molecule has 0 aromatic rings. The van der Waals surface area contributed by atoms with Crippen LogP contribution in [0.2, 0.25) is 0 Å². The van der Waals surface area contributed by atoms with Gasteiger partial charge in [-0.3, -0.25) is 0 Å². The Morgan fingerprint density at radius 3 is 2.33 bits per heavy atom. The topological polar surface area (TPSA) is 46.2 Å². The minimum Gasteiger partial charge on any atom is -0.210 e. The van der Waals surface area contributed by atoms with Crippen LogP contribution < -0.4 is 4.72 Å². The fourth-order valence-corrected chi connectivity index (χ4v) is 1.84. The average Bonchev–Trinajstić information content (AvgIpc) is 2.12. The normalized spacial score (nSPS) is 13.5. The fourth-order valence-electron chi connectivity index (χ4n) is 0.993. The van der Waals surface area contributed by atoms with Crippen LogP contribution in [0.4, 0.5) is 8.78 Å². The molecular formula is C8H16ClF2NO2S. The van der Waals surface area contributed by atoms with E-state index in [9.17, 15) is 17.2 Å². The predicted molar refractivity (Wildman–Crippen MR) is 56.7 cm³/mol. The molecule has 0 saturated heterocycles. The molecule has 0 bridgehead atoms. The molecule has 0 aliphatic rings. The SMILES string of the molecule is CC(C)(CCCCl)CNS(=O)(=O)C(F)F. The first-order chi connectivity index (χ1) is 6.71. The summed E-state index contributed by atoms with van der Waals surface area (Å²) in [5.41, 5.74) is -0.364. The Bertz CT molecular complexity index is 280. The highest BCUT2D eigenvalue weighted by atomic mass is 35.5. The minimum atomic E-state index is -4.47. The molecule has 0 aliphatic heterocycles. The molecular weight excluding hydrogens is 248 g/mol. The molecule has 1 N–H and O–H groups in total. The van der Waals surface area contributed by atoms with E-state index in [2.05, 4.69) is 0 Å². The van der Waals surface area contributed by atoms with E-state index < -0.39 is 15.8 Å². The molecule has 15 heavy (non-hydrogen) atoms. The summed E-state index contributed by atoms with van der Waals surface area (Å²) in [6, 6.07) is 0. The number of halogens is 3. The van der Waals surface area contributed by atoms with Crippen LogP contribution in [0.25, 0.3) is 0 Å². The van der Waals surface area contributed by atoms with E-state index in [1.165, 1.54) is 0 Å². The van der Waals surface area contributed by atoms with Gasteiger partial charge in [0.1, 0.15) is 0 Å². The maximum absolute atomic E-state index is 12.0. The standard InChI is InChI=1S/C8H16ClF2NO2S/c1-8(2,4-3-5-9)6-12-15(13,14)7(10)11/h7,12H,3-6H2,1-2H3. The maximum atomic E-state index is 12.0. The second-order valence-corrected chi connectivity index (χ2v) is 6.20. The van der Waals surface area contributed by atoms with Crippen LogP contribution in [0.5, 0.6) is 0 Å². The second-order valence-electron chi connectivity index (χ2n) is 4.08. The van der Waals surface area contributed by atoms with Crippen LogP contribution in [0.3, 0.4) is 0 Å². The lowest BCUT2D eigenvalue weighted by molar-refractivity contribution is 0.230. The van der Waals surface area contributed by atoms with E-state index in [1.807, 2.05) is 4.72 Å². The van der Waals surface area contributed by atoms with Crippen molar-refractivity contribution < 1.29 is 17.2 Å². The molecule has 0 atom stereocenters. The van der Waals surface area contributed by atoms with Gasteiger partial charge < -0.3 is 0 Å². The van der Waals surface area contributed by atoms with Gasteiger partial charge in [0.2, 0.25) is 0 Å². The van der Waals surface area contributed by atoms with Crippen LogP contribution in [-0.4, -0.2) is 26.6 Å². The Hall–Kier alpha value is 0.0600. The van der Waals surface area contributed by atoms with Crippen molar-refractivity contribution in [3.05, 3.63) is 0 Å². The Morgan fingerprint density at radius 2 is 1.93 bits per heavy atom. The average molecular weight is 264 g/mol. The van der Waals surface area contributed by atoms with E-state index in [0.29, 0.717) is 12.3 Å². The van der Waals surface area contributed by atoms with Gasteiger partial charge in [0.25, 0.3) is 10.0 Å². The van der Waals surface area contributed by atoms with E-state index in [0.717, 1.165) is 6.42 Å². The third kappa shape index (κ3) is 6.27. The van der Waals surface area contributed by atoms with Crippen LogP contribution >= 0.6 is 11.6 Å². The molecule has 7 heteroatoms. The number of rotatable bonds is 7. The molecule has 0 radical (unpaired) electrons. The lowest BCUT2D eigenvalue weighted by Gasteiger charge is -2.24. The number of alkyl halides is 3. The number of hydrogen-bond donors (Lipinski definition) is 1. The highest BCUT2D eigenvalue weighted by Gasteiger charge is 2.27. The van der Waals surface area contributed by atoms with Crippen molar-refractivity contribution >= 4 is 21.6 Å². The van der Waals surface area contributed by atoms with Crippen molar-refractivity contribution in [1.82, 2.24) is 4.72 Å². The van der Waals surface area contributed by atoms with Gasteiger partial charge in [-0.2, -0.15) is 8.78 Å². The molecule has 0 unspecified atom stereocenters. The molecule has 0 aromatic heterocycles. The molecule has 0 rings (SSSR count). The fraction of sp³-hybridized carbons (Fsp3) is 1.00. The van der Waals surface area contributed by atoms with Crippen molar-refractivity contribution in [3.63, 3.8) is 0 Å². The predicted octanol–water partition coefficient (Wildman–Crippen LogP) is 2.17. The second kappa shape index (κ2) is 5.96. The van der Waals surface area contributed by atoms with Crippen molar-refractivity contribution in [2.24, 2.45) is 5.41 Å². The van der Waals surface area contributed by atoms with Gasteiger partial charge in [-0.1, -0.05) is 13.8 Å². The first kappa shape index (κ1) is 15.1. The van der Waals surface area contributed by atoms with Crippen LogP contribution in [0, 0.1) is 5.41 Å². The summed E-state index contributed by atoms with van der Waals surface area (Å²) in [6.07, 6.45) is 1.41. The van der Waals surface area contributed by atoms with Gasteiger partial charge >= 0.3 is 5.76 Å². The molecule has 92 valence electrons. The summed E-state index contributed by atoms with van der Waals surface area (Å²) in [7, 11) is -4.47. The van der Waals surface area contributed by atoms with Crippen molar-refractivity contribution in [2.75, 3.05) is 12.4 Å². The summed E-state index contributed by atoms with van der Waals surface area (Å²) in [5, 5.41) is 0. The van der Waals surface area contributed by atoms with E-state index in [1.54, 1.807) is 13.8 Å². The van der Waals surface area contributed by atoms with Crippen molar-refractivity contribution in [3.8, 4) is 0 Å². The van der Waals surface area contributed by atoms with Crippen LogP contribution in [0.1, 0.15) is 26.7 Å². The molecule has 0 spiro atoms. The van der Waals surface area contributed by atoms with Gasteiger partial charge in [0.05, 0.1) is 0 Å². The molecule has 0 amide bonds. The largest absolute Gasteiger partial charge is 0.350 e. The van der Waals surface area contributed by atoms with Gasteiger partial charge in [-0.25, -0.2) is 13.1 Å². The zero-order valence-corrected chi connectivity index (χ0v) is 10.3. The molecule has 0 fully saturated rings. The molecule has 0 aromatic carbocycles. The smallest absolute Gasteiger partial charge is 0.210 e. The zero-order chi connectivity index (χ0) is 12.1. The van der Waals surface area contributed by atoms with Gasteiger partial charge in [-0.05, 0) is 18.3 Å². The summed E-state index contributed by atoms with van der Waals surface area (Å²) in [6.45, 7) is 3.59. The van der Waals surface area contributed by atoms with E-state index >= 15 is 0 Å². The Balaban J connectivity index is 4.14. The van der Waals surface area contributed by atoms with E-state index in [4.69, 9.17) is 11.6 Å². The first-order valence-electron chi connectivity index (χ1n) is 4.54. The number of nitrogens with one attached hydrogen (secondary N) is 1. The quantitative estimate of drug-likeness (QED) is 0.716. The lowest BCUT2D eigenvalue weighted by atomic mass is 9.88. The molecule has 0 heterocycles. The Labute approximate surface area is 94.2 Å². The first-order valence-corrected chi connectivity index (χ1v) is 6.62. The lowest BCUT2D eigenvalue weighted by Crippen LogP contribution is -2.37. The number of sulfonamides is 1. The molecule has 3 nitrogen and oxygen atoms in total. The summed E-state index contributed by atoms with van der Waals surface area (Å²) in [5.74, 6) is -2.90.